The smallest absolute Gasteiger partial charge is 0.246 e. The van der Waals surface area contributed by atoms with Crippen molar-refractivity contribution in [1.82, 2.24) is 9.62 Å². The SMILES string of the molecule is COc1ccc(Cl)cc1S(=O)(=O)N1CCC[C@H](C(=O)N[C@H](C)c2ccccc2)C1. The molecule has 156 valence electrons. The molecule has 1 heterocycles. The minimum absolute atomic E-state index is 0.0196. The van der Waals surface area contributed by atoms with Gasteiger partial charge in [0.15, 0.2) is 0 Å². The molecule has 1 aliphatic rings. The molecule has 1 amide bonds. The minimum Gasteiger partial charge on any atom is -0.495 e. The summed E-state index contributed by atoms with van der Waals surface area (Å²) in [6, 6.07) is 14.0. The molecular formula is C21H25ClN2O4S. The third-order valence-corrected chi connectivity index (χ3v) is 7.28. The van der Waals surface area contributed by atoms with Gasteiger partial charge in [-0.15, -0.1) is 0 Å². The van der Waals surface area contributed by atoms with Crippen LogP contribution in [-0.4, -0.2) is 38.8 Å². The van der Waals surface area contributed by atoms with E-state index in [9.17, 15) is 13.2 Å². The van der Waals surface area contributed by atoms with E-state index in [0.717, 1.165) is 5.56 Å². The molecule has 0 aliphatic carbocycles. The van der Waals surface area contributed by atoms with Crippen molar-refractivity contribution < 1.29 is 17.9 Å². The van der Waals surface area contributed by atoms with Crippen molar-refractivity contribution in [2.45, 2.75) is 30.7 Å². The van der Waals surface area contributed by atoms with Gasteiger partial charge in [0.2, 0.25) is 15.9 Å². The van der Waals surface area contributed by atoms with Gasteiger partial charge in [0.1, 0.15) is 10.6 Å². The molecule has 2 aromatic rings. The Bertz CT molecular complexity index is 966. The third-order valence-electron chi connectivity index (χ3n) is 5.16. The Balaban J connectivity index is 1.75. The van der Waals surface area contributed by atoms with E-state index >= 15 is 0 Å². The van der Waals surface area contributed by atoms with E-state index in [1.54, 1.807) is 6.07 Å². The van der Waals surface area contributed by atoms with Gasteiger partial charge in [0.05, 0.1) is 19.1 Å². The van der Waals surface area contributed by atoms with Crippen LogP contribution in [0.2, 0.25) is 5.02 Å². The first-order valence-corrected chi connectivity index (χ1v) is 11.3. The van der Waals surface area contributed by atoms with Crippen LogP contribution in [0.25, 0.3) is 0 Å². The highest BCUT2D eigenvalue weighted by Crippen LogP contribution is 2.32. The number of carbonyl (C=O) groups is 1. The first kappa shape index (κ1) is 21.6. The first-order valence-electron chi connectivity index (χ1n) is 9.52. The van der Waals surface area contributed by atoms with Gasteiger partial charge in [-0.1, -0.05) is 41.9 Å². The average molecular weight is 437 g/mol. The summed E-state index contributed by atoms with van der Waals surface area (Å²) in [6.45, 7) is 2.41. The van der Waals surface area contributed by atoms with Crippen molar-refractivity contribution in [2.75, 3.05) is 20.2 Å². The molecule has 0 unspecified atom stereocenters. The van der Waals surface area contributed by atoms with Gasteiger partial charge in [0.25, 0.3) is 0 Å². The van der Waals surface area contributed by atoms with Crippen molar-refractivity contribution in [3.8, 4) is 5.75 Å². The zero-order valence-electron chi connectivity index (χ0n) is 16.5. The van der Waals surface area contributed by atoms with Crippen LogP contribution in [0.1, 0.15) is 31.4 Å². The Morgan fingerprint density at radius 1 is 1.24 bits per heavy atom. The molecule has 0 radical (unpaired) electrons. The summed E-state index contributed by atoms with van der Waals surface area (Å²) in [5.74, 6) is -0.312. The van der Waals surface area contributed by atoms with Crippen molar-refractivity contribution in [1.29, 1.82) is 0 Å². The number of carbonyl (C=O) groups excluding carboxylic acids is 1. The monoisotopic (exact) mass is 436 g/mol. The summed E-state index contributed by atoms with van der Waals surface area (Å²) in [5, 5.41) is 3.32. The number of piperidine rings is 1. The van der Waals surface area contributed by atoms with Gasteiger partial charge in [-0.05, 0) is 43.5 Å². The maximum absolute atomic E-state index is 13.2. The van der Waals surface area contributed by atoms with E-state index < -0.39 is 15.9 Å². The summed E-state index contributed by atoms with van der Waals surface area (Å²) < 4.78 is 32.9. The molecule has 8 heteroatoms. The number of hydrogen-bond acceptors (Lipinski definition) is 4. The molecule has 0 saturated carbocycles. The maximum atomic E-state index is 13.2. The molecule has 2 atom stereocenters. The van der Waals surface area contributed by atoms with E-state index in [2.05, 4.69) is 5.32 Å². The summed E-state index contributed by atoms with van der Waals surface area (Å²) in [4.78, 5) is 12.8. The van der Waals surface area contributed by atoms with Gasteiger partial charge in [-0.25, -0.2) is 8.42 Å². The second kappa shape index (κ2) is 9.15. The molecule has 1 fully saturated rings. The van der Waals surface area contributed by atoms with Gasteiger partial charge in [-0.3, -0.25) is 4.79 Å². The molecule has 0 aromatic heterocycles. The fraction of sp³-hybridized carbons (Fsp3) is 0.381. The molecule has 29 heavy (non-hydrogen) atoms. The number of nitrogens with zero attached hydrogens (tertiary/aromatic N) is 1. The van der Waals surface area contributed by atoms with Crippen LogP contribution >= 0.6 is 11.6 Å². The zero-order chi connectivity index (χ0) is 21.0. The highest BCUT2D eigenvalue weighted by molar-refractivity contribution is 7.89. The number of amides is 1. The number of sulfonamides is 1. The predicted octanol–water partition coefficient (Wildman–Crippen LogP) is 3.63. The number of ether oxygens (including phenoxy) is 1. The Morgan fingerprint density at radius 3 is 2.66 bits per heavy atom. The van der Waals surface area contributed by atoms with E-state index in [-0.39, 0.29) is 29.1 Å². The lowest BCUT2D eigenvalue weighted by Gasteiger charge is -2.32. The van der Waals surface area contributed by atoms with Gasteiger partial charge >= 0.3 is 0 Å². The zero-order valence-corrected chi connectivity index (χ0v) is 18.0. The molecule has 2 aromatic carbocycles. The van der Waals surface area contributed by atoms with Crippen LogP contribution < -0.4 is 10.1 Å². The fourth-order valence-corrected chi connectivity index (χ4v) is 5.46. The Labute approximate surface area is 176 Å². The fourth-order valence-electron chi connectivity index (χ4n) is 3.52. The van der Waals surface area contributed by atoms with Crippen LogP contribution in [0.5, 0.6) is 5.75 Å². The maximum Gasteiger partial charge on any atom is 0.246 e. The standard InChI is InChI=1S/C21H25ClN2O4S/c1-15(16-7-4-3-5-8-16)23-21(25)17-9-6-12-24(14-17)29(26,27)20-13-18(22)10-11-19(20)28-2/h3-5,7-8,10-11,13,15,17H,6,9,12,14H2,1-2H3,(H,23,25)/t15-,17+/m1/s1. The summed E-state index contributed by atoms with van der Waals surface area (Å²) in [7, 11) is -2.41. The van der Waals surface area contributed by atoms with Crippen molar-refractivity contribution in [2.24, 2.45) is 5.92 Å². The minimum atomic E-state index is -3.83. The highest BCUT2D eigenvalue weighted by Gasteiger charge is 2.35. The van der Waals surface area contributed by atoms with Crippen molar-refractivity contribution in [3.63, 3.8) is 0 Å². The van der Waals surface area contributed by atoms with Crippen LogP contribution in [0.3, 0.4) is 0 Å². The van der Waals surface area contributed by atoms with Crippen LogP contribution in [0.15, 0.2) is 53.4 Å². The first-order chi connectivity index (χ1) is 13.8. The lowest BCUT2D eigenvalue weighted by atomic mass is 9.98. The van der Waals surface area contributed by atoms with Gasteiger partial charge < -0.3 is 10.1 Å². The summed E-state index contributed by atoms with van der Waals surface area (Å²) in [6.07, 6.45) is 1.26. The van der Waals surface area contributed by atoms with E-state index in [4.69, 9.17) is 16.3 Å². The third kappa shape index (κ3) is 4.91. The number of methoxy groups -OCH3 is 1. The van der Waals surface area contributed by atoms with Crippen molar-refractivity contribution >= 4 is 27.5 Å². The lowest BCUT2D eigenvalue weighted by molar-refractivity contribution is -0.126. The largest absolute Gasteiger partial charge is 0.495 e. The normalized spacial score (nSPS) is 18.8. The number of benzene rings is 2. The van der Waals surface area contributed by atoms with Crippen LogP contribution in [0, 0.1) is 5.92 Å². The molecule has 1 N–H and O–H groups in total. The van der Waals surface area contributed by atoms with E-state index in [1.807, 2.05) is 37.3 Å². The summed E-state index contributed by atoms with van der Waals surface area (Å²) >= 11 is 6.01. The molecule has 0 spiro atoms. The highest BCUT2D eigenvalue weighted by atomic mass is 35.5. The summed E-state index contributed by atoms with van der Waals surface area (Å²) in [5.41, 5.74) is 1.00. The molecular weight excluding hydrogens is 412 g/mol. The number of nitrogens with one attached hydrogen (secondary N) is 1. The topological polar surface area (TPSA) is 75.7 Å². The van der Waals surface area contributed by atoms with Crippen molar-refractivity contribution in [3.05, 3.63) is 59.1 Å². The molecule has 3 rings (SSSR count). The Morgan fingerprint density at radius 2 is 1.97 bits per heavy atom. The van der Waals surface area contributed by atoms with Gasteiger partial charge in [-0.2, -0.15) is 4.31 Å². The van der Waals surface area contributed by atoms with E-state index in [1.165, 1.54) is 23.5 Å². The van der Waals surface area contributed by atoms with E-state index in [0.29, 0.717) is 24.4 Å². The quantitative estimate of drug-likeness (QED) is 0.750. The number of halogens is 1. The number of rotatable bonds is 6. The predicted molar refractivity (Wildman–Crippen MR) is 112 cm³/mol. The molecule has 6 nitrogen and oxygen atoms in total. The Kier molecular flexibility index (Phi) is 6.82. The Hall–Kier alpha value is -2.09. The van der Waals surface area contributed by atoms with Crippen LogP contribution in [-0.2, 0) is 14.8 Å². The molecule has 1 aliphatic heterocycles. The number of hydrogen-bond donors (Lipinski definition) is 1. The second-order valence-electron chi connectivity index (χ2n) is 7.14. The molecule has 0 bridgehead atoms. The second-order valence-corrected chi connectivity index (χ2v) is 9.48. The average Bonchev–Trinajstić information content (AvgIpc) is 2.74. The van der Waals surface area contributed by atoms with Gasteiger partial charge in [0, 0.05) is 18.1 Å². The van der Waals surface area contributed by atoms with Crippen LogP contribution in [0.4, 0.5) is 0 Å². The lowest BCUT2D eigenvalue weighted by Crippen LogP contribution is -2.45. The molecule has 1 saturated heterocycles.